The Morgan fingerprint density at radius 1 is 1.25 bits per heavy atom. The van der Waals surface area contributed by atoms with E-state index in [9.17, 15) is 0 Å². The molecule has 0 aromatic heterocycles. The molecule has 0 radical (unpaired) electrons. The molecule has 1 aromatic carbocycles. The Hall–Kier alpha value is -1.22. The zero-order valence-electron chi connectivity index (χ0n) is 10.7. The van der Waals surface area contributed by atoms with Gasteiger partial charge < -0.3 is 0 Å². The summed E-state index contributed by atoms with van der Waals surface area (Å²) in [6.45, 7) is 6.51. The Balaban J connectivity index is 2.76. The summed E-state index contributed by atoms with van der Waals surface area (Å²) in [5.74, 6) is 3.24. The van der Waals surface area contributed by atoms with Crippen LogP contribution in [-0.2, 0) is 0 Å². The standard InChI is InChI=1S/C16H22/c1-5-7-8-9-15(6-2)16-11-10-13(3)12-14(16)4/h2,10-12,15H,5,7-9H2,1,3-4H3. The normalized spacial score (nSPS) is 12.1. The summed E-state index contributed by atoms with van der Waals surface area (Å²) < 4.78 is 0. The van der Waals surface area contributed by atoms with Gasteiger partial charge in [-0.3, -0.25) is 0 Å². The molecular weight excluding hydrogens is 192 g/mol. The Morgan fingerprint density at radius 3 is 2.56 bits per heavy atom. The Kier molecular flexibility index (Phi) is 5.12. The van der Waals surface area contributed by atoms with Crippen LogP contribution in [0.25, 0.3) is 0 Å². The summed E-state index contributed by atoms with van der Waals surface area (Å²) in [5.41, 5.74) is 3.98. The van der Waals surface area contributed by atoms with Gasteiger partial charge in [0.15, 0.2) is 0 Å². The van der Waals surface area contributed by atoms with Crippen LogP contribution < -0.4 is 0 Å². The van der Waals surface area contributed by atoms with Crippen molar-refractivity contribution in [2.45, 2.75) is 52.4 Å². The smallest absolute Gasteiger partial charge is 0.0452 e. The molecule has 0 aliphatic carbocycles. The number of unbranched alkanes of at least 4 members (excludes halogenated alkanes) is 2. The van der Waals surface area contributed by atoms with Gasteiger partial charge in [-0.1, -0.05) is 55.9 Å². The lowest BCUT2D eigenvalue weighted by molar-refractivity contribution is 0.636. The predicted molar refractivity (Wildman–Crippen MR) is 71.6 cm³/mol. The molecule has 0 fully saturated rings. The van der Waals surface area contributed by atoms with E-state index >= 15 is 0 Å². The Bertz CT molecular complexity index is 368. The van der Waals surface area contributed by atoms with Crippen molar-refractivity contribution in [3.05, 3.63) is 34.9 Å². The summed E-state index contributed by atoms with van der Waals surface area (Å²) in [6.07, 6.45) is 10.5. The van der Waals surface area contributed by atoms with Crippen LogP contribution in [0, 0.1) is 26.2 Å². The van der Waals surface area contributed by atoms with E-state index in [0.29, 0.717) is 5.92 Å². The van der Waals surface area contributed by atoms with Gasteiger partial charge >= 0.3 is 0 Å². The van der Waals surface area contributed by atoms with E-state index in [1.165, 1.54) is 36.0 Å². The molecule has 1 aromatic rings. The highest BCUT2D eigenvalue weighted by Crippen LogP contribution is 2.25. The van der Waals surface area contributed by atoms with Gasteiger partial charge in [0, 0.05) is 5.92 Å². The van der Waals surface area contributed by atoms with Gasteiger partial charge in [0.25, 0.3) is 0 Å². The molecule has 0 aliphatic heterocycles. The lowest BCUT2D eigenvalue weighted by atomic mass is 9.90. The summed E-state index contributed by atoms with van der Waals surface area (Å²) in [7, 11) is 0. The third kappa shape index (κ3) is 3.42. The number of hydrogen-bond donors (Lipinski definition) is 0. The molecule has 16 heavy (non-hydrogen) atoms. The molecular formula is C16H22. The van der Waals surface area contributed by atoms with Gasteiger partial charge in [-0.2, -0.15) is 0 Å². The lowest BCUT2D eigenvalue weighted by Gasteiger charge is -2.14. The van der Waals surface area contributed by atoms with Crippen molar-refractivity contribution in [3.8, 4) is 12.3 Å². The SMILES string of the molecule is C#CC(CCCCC)c1ccc(C)cc1C. The second-order valence-corrected chi connectivity index (χ2v) is 4.58. The van der Waals surface area contributed by atoms with E-state index in [1.807, 2.05) is 0 Å². The number of hydrogen-bond acceptors (Lipinski definition) is 0. The van der Waals surface area contributed by atoms with E-state index in [4.69, 9.17) is 6.42 Å². The molecule has 0 heterocycles. The summed E-state index contributed by atoms with van der Waals surface area (Å²) in [4.78, 5) is 0. The van der Waals surface area contributed by atoms with E-state index in [2.05, 4.69) is 44.9 Å². The fourth-order valence-corrected chi connectivity index (χ4v) is 2.14. The maximum absolute atomic E-state index is 5.64. The van der Waals surface area contributed by atoms with E-state index < -0.39 is 0 Å². The van der Waals surface area contributed by atoms with Crippen LogP contribution in [-0.4, -0.2) is 0 Å². The lowest BCUT2D eigenvalue weighted by Crippen LogP contribution is -1.99. The minimum Gasteiger partial charge on any atom is -0.119 e. The minimum atomic E-state index is 0.298. The van der Waals surface area contributed by atoms with E-state index in [-0.39, 0.29) is 0 Å². The average molecular weight is 214 g/mol. The van der Waals surface area contributed by atoms with Crippen LogP contribution in [0.2, 0.25) is 0 Å². The first-order valence-electron chi connectivity index (χ1n) is 6.22. The third-order valence-electron chi connectivity index (χ3n) is 3.10. The summed E-state index contributed by atoms with van der Waals surface area (Å²) >= 11 is 0. The van der Waals surface area contributed by atoms with Crippen molar-refractivity contribution >= 4 is 0 Å². The molecule has 1 unspecified atom stereocenters. The largest absolute Gasteiger partial charge is 0.119 e. The number of terminal acetylenes is 1. The zero-order chi connectivity index (χ0) is 12.0. The van der Waals surface area contributed by atoms with Crippen molar-refractivity contribution in [2.75, 3.05) is 0 Å². The molecule has 86 valence electrons. The number of rotatable bonds is 5. The summed E-state index contributed by atoms with van der Waals surface area (Å²) in [5, 5.41) is 0. The van der Waals surface area contributed by atoms with Gasteiger partial charge in [0.1, 0.15) is 0 Å². The minimum absolute atomic E-state index is 0.298. The second kappa shape index (κ2) is 6.38. The van der Waals surface area contributed by atoms with Crippen molar-refractivity contribution in [2.24, 2.45) is 0 Å². The highest BCUT2D eigenvalue weighted by atomic mass is 14.1. The summed E-state index contributed by atoms with van der Waals surface area (Å²) in [6, 6.07) is 6.58. The van der Waals surface area contributed by atoms with Gasteiger partial charge in [0.2, 0.25) is 0 Å². The fourth-order valence-electron chi connectivity index (χ4n) is 2.14. The molecule has 0 amide bonds. The van der Waals surface area contributed by atoms with Crippen LogP contribution in [0.3, 0.4) is 0 Å². The van der Waals surface area contributed by atoms with Crippen molar-refractivity contribution in [3.63, 3.8) is 0 Å². The molecule has 0 N–H and O–H groups in total. The highest BCUT2D eigenvalue weighted by Gasteiger charge is 2.10. The average Bonchev–Trinajstić information content (AvgIpc) is 2.26. The van der Waals surface area contributed by atoms with Crippen LogP contribution in [0.4, 0.5) is 0 Å². The zero-order valence-corrected chi connectivity index (χ0v) is 10.7. The molecule has 0 heteroatoms. The molecule has 0 bridgehead atoms. The topological polar surface area (TPSA) is 0 Å². The Labute approximate surface area is 100 Å². The van der Waals surface area contributed by atoms with Crippen LogP contribution in [0.15, 0.2) is 18.2 Å². The molecule has 0 aliphatic rings. The Morgan fingerprint density at radius 2 is 2.00 bits per heavy atom. The van der Waals surface area contributed by atoms with Gasteiger partial charge in [-0.15, -0.1) is 6.42 Å². The third-order valence-corrected chi connectivity index (χ3v) is 3.10. The van der Waals surface area contributed by atoms with Crippen LogP contribution >= 0.6 is 0 Å². The second-order valence-electron chi connectivity index (χ2n) is 4.58. The maximum Gasteiger partial charge on any atom is 0.0452 e. The van der Waals surface area contributed by atoms with Crippen molar-refractivity contribution in [1.29, 1.82) is 0 Å². The molecule has 0 nitrogen and oxygen atoms in total. The van der Waals surface area contributed by atoms with Crippen LogP contribution in [0.1, 0.15) is 55.2 Å². The number of aryl methyl sites for hydroxylation is 2. The molecule has 0 saturated carbocycles. The van der Waals surface area contributed by atoms with Gasteiger partial charge in [-0.05, 0) is 31.4 Å². The molecule has 1 atom stereocenters. The molecule has 0 saturated heterocycles. The van der Waals surface area contributed by atoms with Crippen molar-refractivity contribution in [1.82, 2.24) is 0 Å². The first-order chi connectivity index (χ1) is 7.69. The van der Waals surface area contributed by atoms with Crippen LogP contribution in [0.5, 0.6) is 0 Å². The molecule has 1 rings (SSSR count). The first-order valence-corrected chi connectivity index (χ1v) is 6.22. The highest BCUT2D eigenvalue weighted by molar-refractivity contribution is 5.36. The van der Waals surface area contributed by atoms with E-state index in [1.54, 1.807) is 0 Å². The van der Waals surface area contributed by atoms with Crippen molar-refractivity contribution < 1.29 is 0 Å². The van der Waals surface area contributed by atoms with Gasteiger partial charge in [-0.25, -0.2) is 0 Å². The predicted octanol–water partition coefficient (Wildman–Crippen LogP) is 4.60. The fraction of sp³-hybridized carbons (Fsp3) is 0.500. The first kappa shape index (κ1) is 12.8. The van der Waals surface area contributed by atoms with E-state index in [0.717, 1.165) is 6.42 Å². The molecule has 0 spiro atoms. The maximum atomic E-state index is 5.64. The number of benzene rings is 1. The van der Waals surface area contributed by atoms with Gasteiger partial charge in [0.05, 0.1) is 0 Å². The quantitative estimate of drug-likeness (QED) is 0.496. The monoisotopic (exact) mass is 214 g/mol.